The summed E-state index contributed by atoms with van der Waals surface area (Å²) in [5.41, 5.74) is 1.10. The Balaban J connectivity index is 2.04. The van der Waals surface area contributed by atoms with Gasteiger partial charge in [-0.1, -0.05) is 15.9 Å². The second kappa shape index (κ2) is 5.06. The standard InChI is InChI=1S/C12H10Br2O2/c1-8-6-9(13)2-4-11(8)15-7-10-3-5-12(14)16-10/h2-6H,7H2,1H3. The summed E-state index contributed by atoms with van der Waals surface area (Å²) in [6.45, 7) is 2.45. The molecule has 0 aliphatic heterocycles. The van der Waals surface area contributed by atoms with E-state index in [0.29, 0.717) is 6.61 Å². The van der Waals surface area contributed by atoms with Crippen molar-refractivity contribution in [3.8, 4) is 5.75 Å². The summed E-state index contributed by atoms with van der Waals surface area (Å²) in [5.74, 6) is 1.67. The first-order chi connectivity index (χ1) is 7.65. The first-order valence-electron chi connectivity index (χ1n) is 4.78. The average molecular weight is 346 g/mol. The maximum absolute atomic E-state index is 5.66. The van der Waals surface area contributed by atoms with Gasteiger partial charge in [0, 0.05) is 4.47 Å². The van der Waals surface area contributed by atoms with Gasteiger partial charge in [-0.15, -0.1) is 0 Å². The summed E-state index contributed by atoms with van der Waals surface area (Å²) in [6, 6.07) is 9.66. The van der Waals surface area contributed by atoms with Crippen molar-refractivity contribution in [1.29, 1.82) is 0 Å². The summed E-state index contributed by atoms with van der Waals surface area (Å²) >= 11 is 6.67. The zero-order valence-corrected chi connectivity index (χ0v) is 11.8. The fraction of sp³-hybridized carbons (Fsp3) is 0.167. The van der Waals surface area contributed by atoms with Crippen LogP contribution in [0.2, 0.25) is 0 Å². The van der Waals surface area contributed by atoms with Crippen molar-refractivity contribution >= 4 is 31.9 Å². The van der Waals surface area contributed by atoms with Gasteiger partial charge >= 0.3 is 0 Å². The molecule has 2 rings (SSSR count). The number of ether oxygens (including phenoxy) is 1. The van der Waals surface area contributed by atoms with E-state index in [2.05, 4.69) is 31.9 Å². The Hall–Kier alpha value is -0.740. The second-order valence-electron chi connectivity index (χ2n) is 3.40. The number of furan rings is 1. The van der Waals surface area contributed by atoms with Crippen LogP contribution in [0.5, 0.6) is 5.75 Å². The van der Waals surface area contributed by atoms with Crippen LogP contribution in [0.25, 0.3) is 0 Å². The highest BCUT2D eigenvalue weighted by Crippen LogP contribution is 2.23. The Morgan fingerprint density at radius 2 is 2.00 bits per heavy atom. The van der Waals surface area contributed by atoms with Crippen LogP contribution in [0.15, 0.2) is 43.9 Å². The van der Waals surface area contributed by atoms with Gasteiger partial charge in [0.1, 0.15) is 18.1 Å². The third-order valence-corrected chi connectivity index (χ3v) is 3.06. The van der Waals surface area contributed by atoms with Crippen LogP contribution in [0, 0.1) is 6.92 Å². The number of hydrogen-bond acceptors (Lipinski definition) is 2. The van der Waals surface area contributed by atoms with E-state index in [0.717, 1.165) is 26.2 Å². The van der Waals surface area contributed by atoms with Crippen molar-refractivity contribution in [2.45, 2.75) is 13.5 Å². The highest BCUT2D eigenvalue weighted by molar-refractivity contribution is 9.10. The van der Waals surface area contributed by atoms with E-state index in [1.807, 2.05) is 37.3 Å². The van der Waals surface area contributed by atoms with E-state index in [1.165, 1.54) is 0 Å². The topological polar surface area (TPSA) is 22.4 Å². The van der Waals surface area contributed by atoms with Gasteiger partial charge in [-0.3, -0.25) is 0 Å². The number of halogens is 2. The monoisotopic (exact) mass is 344 g/mol. The molecular weight excluding hydrogens is 336 g/mol. The van der Waals surface area contributed by atoms with Crippen molar-refractivity contribution in [3.05, 3.63) is 50.8 Å². The molecular formula is C12H10Br2O2. The van der Waals surface area contributed by atoms with Crippen LogP contribution >= 0.6 is 31.9 Å². The van der Waals surface area contributed by atoms with Gasteiger partial charge in [-0.05, 0) is 58.7 Å². The highest BCUT2D eigenvalue weighted by atomic mass is 79.9. The van der Waals surface area contributed by atoms with Gasteiger partial charge < -0.3 is 9.15 Å². The van der Waals surface area contributed by atoms with Crippen molar-refractivity contribution in [2.24, 2.45) is 0 Å². The fourth-order valence-electron chi connectivity index (χ4n) is 1.35. The van der Waals surface area contributed by atoms with Gasteiger partial charge in [0.25, 0.3) is 0 Å². The molecule has 0 saturated carbocycles. The Bertz CT molecular complexity index is 492. The normalized spacial score (nSPS) is 10.4. The van der Waals surface area contributed by atoms with E-state index < -0.39 is 0 Å². The lowest BCUT2D eigenvalue weighted by Crippen LogP contribution is -1.95. The minimum absolute atomic E-state index is 0.439. The molecule has 0 aliphatic rings. The van der Waals surface area contributed by atoms with Crippen LogP contribution in [-0.4, -0.2) is 0 Å². The zero-order chi connectivity index (χ0) is 11.5. The van der Waals surface area contributed by atoms with Crippen molar-refractivity contribution in [2.75, 3.05) is 0 Å². The first-order valence-corrected chi connectivity index (χ1v) is 6.37. The molecule has 16 heavy (non-hydrogen) atoms. The first kappa shape index (κ1) is 11.7. The Kier molecular flexibility index (Phi) is 3.71. The molecule has 1 aromatic carbocycles. The predicted octanol–water partition coefficient (Wildman–Crippen LogP) is 4.69. The predicted molar refractivity (Wildman–Crippen MR) is 69.6 cm³/mol. The maximum Gasteiger partial charge on any atom is 0.169 e. The number of aryl methyl sites for hydroxylation is 1. The third kappa shape index (κ3) is 2.89. The highest BCUT2D eigenvalue weighted by Gasteiger charge is 2.03. The summed E-state index contributed by atoms with van der Waals surface area (Å²) in [7, 11) is 0. The molecule has 2 aromatic rings. The molecule has 0 amide bonds. The van der Waals surface area contributed by atoms with E-state index >= 15 is 0 Å². The van der Waals surface area contributed by atoms with Gasteiger partial charge in [-0.25, -0.2) is 0 Å². The molecule has 0 atom stereocenters. The van der Waals surface area contributed by atoms with Crippen LogP contribution in [0.4, 0.5) is 0 Å². The van der Waals surface area contributed by atoms with E-state index in [4.69, 9.17) is 9.15 Å². The lowest BCUT2D eigenvalue weighted by Gasteiger charge is -2.07. The van der Waals surface area contributed by atoms with Crippen LogP contribution < -0.4 is 4.74 Å². The van der Waals surface area contributed by atoms with Crippen molar-refractivity contribution in [1.82, 2.24) is 0 Å². The molecule has 4 heteroatoms. The summed E-state index contributed by atoms with van der Waals surface area (Å²) < 4.78 is 12.8. The Morgan fingerprint density at radius 3 is 2.62 bits per heavy atom. The molecule has 0 N–H and O–H groups in total. The van der Waals surface area contributed by atoms with Gasteiger partial charge in [-0.2, -0.15) is 0 Å². The van der Waals surface area contributed by atoms with Gasteiger partial charge in [0.15, 0.2) is 4.67 Å². The number of rotatable bonds is 3. The van der Waals surface area contributed by atoms with Crippen molar-refractivity contribution in [3.63, 3.8) is 0 Å². The summed E-state index contributed by atoms with van der Waals surface area (Å²) in [4.78, 5) is 0. The largest absolute Gasteiger partial charge is 0.485 e. The SMILES string of the molecule is Cc1cc(Br)ccc1OCc1ccc(Br)o1. The fourth-order valence-corrected chi connectivity index (χ4v) is 2.17. The molecule has 0 unspecified atom stereocenters. The molecule has 84 valence electrons. The van der Waals surface area contributed by atoms with Gasteiger partial charge in [0.2, 0.25) is 0 Å². The van der Waals surface area contributed by atoms with Crippen LogP contribution in [0.1, 0.15) is 11.3 Å². The molecule has 0 saturated heterocycles. The molecule has 1 heterocycles. The minimum Gasteiger partial charge on any atom is -0.485 e. The Morgan fingerprint density at radius 1 is 1.19 bits per heavy atom. The van der Waals surface area contributed by atoms with Crippen LogP contribution in [-0.2, 0) is 6.61 Å². The quantitative estimate of drug-likeness (QED) is 0.805. The average Bonchev–Trinajstić information content (AvgIpc) is 2.63. The zero-order valence-electron chi connectivity index (χ0n) is 8.67. The molecule has 0 bridgehead atoms. The van der Waals surface area contributed by atoms with E-state index in [-0.39, 0.29) is 0 Å². The number of hydrogen-bond donors (Lipinski definition) is 0. The van der Waals surface area contributed by atoms with Crippen molar-refractivity contribution < 1.29 is 9.15 Å². The number of benzene rings is 1. The van der Waals surface area contributed by atoms with Gasteiger partial charge in [0.05, 0.1) is 0 Å². The lowest BCUT2D eigenvalue weighted by atomic mass is 10.2. The molecule has 0 fully saturated rings. The maximum atomic E-state index is 5.66. The Labute approximate surface area is 111 Å². The van der Waals surface area contributed by atoms with Crippen LogP contribution in [0.3, 0.4) is 0 Å². The third-order valence-electron chi connectivity index (χ3n) is 2.14. The summed E-state index contributed by atoms with van der Waals surface area (Å²) in [6.07, 6.45) is 0. The molecule has 0 radical (unpaired) electrons. The smallest absolute Gasteiger partial charge is 0.169 e. The minimum atomic E-state index is 0.439. The second-order valence-corrected chi connectivity index (χ2v) is 5.10. The van der Waals surface area contributed by atoms with E-state index in [1.54, 1.807) is 0 Å². The lowest BCUT2D eigenvalue weighted by molar-refractivity contribution is 0.266. The molecule has 2 nitrogen and oxygen atoms in total. The van der Waals surface area contributed by atoms with E-state index in [9.17, 15) is 0 Å². The molecule has 1 aromatic heterocycles. The summed E-state index contributed by atoms with van der Waals surface area (Å²) in [5, 5.41) is 0. The molecule has 0 aliphatic carbocycles. The molecule has 0 spiro atoms.